The monoisotopic (exact) mass is 206 g/mol. The smallest absolute Gasteiger partial charge is 0.150 e. The number of hydrogen-bond acceptors (Lipinski definition) is 3. The van der Waals surface area contributed by atoms with Gasteiger partial charge >= 0.3 is 0 Å². The van der Waals surface area contributed by atoms with E-state index in [1.807, 2.05) is 13.0 Å². The zero-order valence-electron chi connectivity index (χ0n) is 8.64. The van der Waals surface area contributed by atoms with E-state index in [0.717, 1.165) is 11.9 Å². The average molecular weight is 206 g/mol. The predicted octanol–water partition coefficient (Wildman–Crippen LogP) is 1.82. The van der Waals surface area contributed by atoms with Crippen molar-refractivity contribution in [3.05, 3.63) is 41.5 Å². The van der Waals surface area contributed by atoms with E-state index < -0.39 is 0 Å². The van der Waals surface area contributed by atoms with Crippen LogP contribution in [0.1, 0.15) is 17.3 Å². The molecule has 0 heterocycles. The molecule has 0 atom stereocenters. The van der Waals surface area contributed by atoms with Crippen molar-refractivity contribution < 1.29 is 14.6 Å². The molecule has 0 spiro atoms. The third-order valence-corrected chi connectivity index (χ3v) is 1.95. The second-order valence-corrected chi connectivity index (χ2v) is 3.21. The molecule has 1 aromatic rings. The van der Waals surface area contributed by atoms with Gasteiger partial charge in [-0.05, 0) is 42.8 Å². The minimum atomic E-state index is 0.0490. The minimum absolute atomic E-state index is 0.0490. The Labute approximate surface area is 89.0 Å². The van der Waals surface area contributed by atoms with Crippen molar-refractivity contribution in [2.75, 3.05) is 13.2 Å². The third kappa shape index (κ3) is 3.95. The predicted molar refractivity (Wildman–Crippen MR) is 58.2 cm³/mol. The van der Waals surface area contributed by atoms with Crippen LogP contribution in [-0.4, -0.2) is 24.6 Å². The summed E-state index contributed by atoms with van der Waals surface area (Å²) in [5, 5.41) is 8.74. The molecule has 1 rings (SSSR count). The summed E-state index contributed by atoms with van der Waals surface area (Å²) in [6.07, 6.45) is 2.60. The number of carbonyl (C=O) groups excluding carboxylic acids is 1. The van der Waals surface area contributed by atoms with Gasteiger partial charge in [0.15, 0.2) is 0 Å². The average Bonchev–Trinajstić information content (AvgIpc) is 2.29. The van der Waals surface area contributed by atoms with Gasteiger partial charge in [0.2, 0.25) is 0 Å². The highest BCUT2D eigenvalue weighted by molar-refractivity contribution is 5.74. The SMILES string of the molecule is CC(=CCOc1ccc(C=O)cc1)CO. The van der Waals surface area contributed by atoms with E-state index in [1.165, 1.54) is 0 Å². The van der Waals surface area contributed by atoms with Crippen molar-refractivity contribution >= 4 is 6.29 Å². The van der Waals surface area contributed by atoms with Crippen molar-refractivity contribution in [3.8, 4) is 5.75 Å². The van der Waals surface area contributed by atoms with Crippen LogP contribution in [0.4, 0.5) is 0 Å². The fraction of sp³-hybridized carbons (Fsp3) is 0.250. The van der Waals surface area contributed by atoms with Crippen LogP contribution in [0, 0.1) is 0 Å². The first-order chi connectivity index (χ1) is 7.26. The topological polar surface area (TPSA) is 46.5 Å². The number of aldehydes is 1. The van der Waals surface area contributed by atoms with E-state index in [0.29, 0.717) is 17.9 Å². The number of hydrogen-bond donors (Lipinski definition) is 1. The molecule has 0 unspecified atom stereocenters. The molecule has 0 aliphatic heterocycles. The van der Waals surface area contributed by atoms with Crippen molar-refractivity contribution in [3.63, 3.8) is 0 Å². The van der Waals surface area contributed by atoms with Gasteiger partial charge in [-0.15, -0.1) is 0 Å². The van der Waals surface area contributed by atoms with Gasteiger partial charge in [-0.3, -0.25) is 4.79 Å². The number of aliphatic hydroxyl groups excluding tert-OH is 1. The van der Waals surface area contributed by atoms with E-state index in [-0.39, 0.29) is 6.61 Å². The Hall–Kier alpha value is -1.61. The molecule has 80 valence electrons. The normalized spacial score (nSPS) is 11.2. The maximum absolute atomic E-state index is 10.4. The lowest BCUT2D eigenvalue weighted by Gasteiger charge is -2.03. The molecule has 0 aliphatic carbocycles. The Morgan fingerprint density at radius 1 is 1.40 bits per heavy atom. The first-order valence-corrected chi connectivity index (χ1v) is 4.71. The summed E-state index contributed by atoms with van der Waals surface area (Å²) in [7, 11) is 0. The Bertz CT molecular complexity index is 338. The highest BCUT2D eigenvalue weighted by Crippen LogP contribution is 2.11. The van der Waals surface area contributed by atoms with Crippen LogP contribution in [0.15, 0.2) is 35.9 Å². The highest BCUT2D eigenvalue weighted by atomic mass is 16.5. The third-order valence-electron chi connectivity index (χ3n) is 1.95. The largest absolute Gasteiger partial charge is 0.490 e. The standard InChI is InChI=1S/C12H14O3/c1-10(8-13)6-7-15-12-4-2-11(9-14)3-5-12/h2-6,9,13H,7-8H2,1H3. The van der Waals surface area contributed by atoms with Crippen molar-refractivity contribution in [1.29, 1.82) is 0 Å². The molecule has 15 heavy (non-hydrogen) atoms. The Morgan fingerprint density at radius 2 is 2.07 bits per heavy atom. The quantitative estimate of drug-likeness (QED) is 0.590. The van der Waals surface area contributed by atoms with Crippen LogP contribution in [0.2, 0.25) is 0 Å². The summed E-state index contributed by atoms with van der Waals surface area (Å²) in [5.41, 5.74) is 1.50. The van der Waals surface area contributed by atoms with Crippen molar-refractivity contribution in [2.45, 2.75) is 6.92 Å². The molecule has 0 aliphatic rings. The Balaban J connectivity index is 2.48. The molecule has 0 aromatic heterocycles. The fourth-order valence-corrected chi connectivity index (χ4v) is 0.987. The van der Waals surface area contributed by atoms with Gasteiger partial charge < -0.3 is 9.84 Å². The number of aliphatic hydroxyl groups is 1. The van der Waals surface area contributed by atoms with Crippen LogP contribution in [0.25, 0.3) is 0 Å². The molecule has 3 heteroatoms. The van der Waals surface area contributed by atoms with E-state index in [4.69, 9.17) is 9.84 Å². The summed E-state index contributed by atoms with van der Waals surface area (Å²) in [6.45, 7) is 2.30. The zero-order chi connectivity index (χ0) is 11.1. The van der Waals surface area contributed by atoms with Gasteiger partial charge in [0.1, 0.15) is 18.6 Å². The first kappa shape index (κ1) is 11.5. The summed E-state index contributed by atoms with van der Waals surface area (Å²) in [6, 6.07) is 6.88. The summed E-state index contributed by atoms with van der Waals surface area (Å²) >= 11 is 0. The Kier molecular flexibility index (Phi) is 4.57. The molecule has 0 radical (unpaired) electrons. The summed E-state index contributed by atoms with van der Waals surface area (Å²) in [5.74, 6) is 0.711. The van der Waals surface area contributed by atoms with Crippen molar-refractivity contribution in [2.24, 2.45) is 0 Å². The molecule has 1 aromatic carbocycles. The molecular weight excluding hydrogens is 192 g/mol. The molecule has 3 nitrogen and oxygen atoms in total. The fourth-order valence-electron chi connectivity index (χ4n) is 0.987. The molecule has 0 saturated heterocycles. The lowest BCUT2D eigenvalue weighted by Crippen LogP contribution is -1.96. The highest BCUT2D eigenvalue weighted by Gasteiger charge is 1.93. The number of carbonyl (C=O) groups is 1. The van der Waals surface area contributed by atoms with E-state index in [9.17, 15) is 4.79 Å². The van der Waals surface area contributed by atoms with Crippen LogP contribution < -0.4 is 4.74 Å². The second kappa shape index (κ2) is 5.98. The molecule has 1 N–H and O–H groups in total. The lowest BCUT2D eigenvalue weighted by molar-refractivity contribution is 0.112. The second-order valence-electron chi connectivity index (χ2n) is 3.21. The van der Waals surface area contributed by atoms with Gasteiger partial charge in [0, 0.05) is 5.56 Å². The Morgan fingerprint density at radius 3 is 2.60 bits per heavy atom. The van der Waals surface area contributed by atoms with E-state index >= 15 is 0 Å². The molecule has 0 bridgehead atoms. The number of ether oxygens (including phenoxy) is 1. The van der Waals surface area contributed by atoms with Gasteiger partial charge in [0.05, 0.1) is 6.61 Å². The van der Waals surface area contributed by atoms with Gasteiger partial charge in [0.25, 0.3) is 0 Å². The molecular formula is C12H14O3. The summed E-state index contributed by atoms with van der Waals surface area (Å²) < 4.78 is 5.37. The molecule has 0 fully saturated rings. The van der Waals surface area contributed by atoms with Gasteiger partial charge in [-0.1, -0.05) is 0 Å². The van der Waals surface area contributed by atoms with E-state index in [1.54, 1.807) is 24.3 Å². The van der Waals surface area contributed by atoms with Crippen LogP contribution >= 0.6 is 0 Å². The van der Waals surface area contributed by atoms with Crippen LogP contribution in [-0.2, 0) is 0 Å². The molecule has 0 saturated carbocycles. The van der Waals surface area contributed by atoms with Crippen LogP contribution in [0.3, 0.4) is 0 Å². The maximum Gasteiger partial charge on any atom is 0.150 e. The zero-order valence-corrected chi connectivity index (χ0v) is 8.64. The number of benzene rings is 1. The van der Waals surface area contributed by atoms with Crippen molar-refractivity contribution in [1.82, 2.24) is 0 Å². The van der Waals surface area contributed by atoms with Gasteiger partial charge in [-0.2, -0.15) is 0 Å². The molecule has 0 amide bonds. The first-order valence-electron chi connectivity index (χ1n) is 4.71. The van der Waals surface area contributed by atoms with Crippen LogP contribution in [0.5, 0.6) is 5.75 Å². The minimum Gasteiger partial charge on any atom is -0.490 e. The van der Waals surface area contributed by atoms with E-state index in [2.05, 4.69) is 0 Å². The maximum atomic E-state index is 10.4. The lowest BCUT2D eigenvalue weighted by atomic mass is 10.2. The number of rotatable bonds is 5. The summed E-state index contributed by atoms with van der Waals surface area (Å²) in [4.78, 5) is 10.4. The van der Waals surface area contributed by atoms with Gasteiger partial charge in [-0.25, -0.2) is 0 Å².